The summed E-state index contributed by atoms with van der Waals surface area (Å²) in [6.07, 6.45) is 5.13. The van der Waals surface area contributed by atoms with Crippen molar-refractivity contribution in [3.63, 3.8) is 0 Å². The summed E-state index contributed by atoms with van der Waals surface area (Å²) in [4.78, 5) is 28.6. The lowest BCUT2D eigenvalue weighted by Gasteiger charge is -2.35. The van der Waals surface area contributed by atoms with Gasteiger partial charge in [0, 0.05) is 45.7 Å². The number of methoxy groups -OCH3 is 1. The molecule has 1 aromatic carbocycles. The minimum Gasteiger partial charge on any atom is -0.382 e. The highest BCUT2D eigenvalue weighted by Crippen LogP contribution is 2.27. The number of nitrogens with zero attached hydrogens (tertiary/aromatic N) is 7. The summed E-state index contributed by atoms with van der Waals surface area (Å²) in [5.41, 5.74) is 2.37. The number of fused-ring (bicyclic) bond motifs is 1. The van der Waals surface area contributed by atoms with Crippen molar-refractivity contribution in [1.82, 2.24) is 34.2 Å². The molecule has 1 aliphatic heterocycles. The number of aryl methyl sites for hydroxylation is 2. The Kier molecular flexibility index (Phi) is 9.28. The molecule has 0 saturated heterocycles. The van der Waals surface area contributed by atoms with Crippen molar-refractivity contribution in [2.45, 2.75) is 33.0 Å². The number of carbonyl (C=O) groups is 1. The summed E-state index contributed by atoms with van der Waals surface area (Å²) < 4.78 is 62.9. The minimum absolute atomic E-state index is 0.0948. The zero-order valence-electron chi connectivity index (χ0n) is 23.3. The second-order valence-corrected chi connectivity index (χ2v) is 11.2. The van der Waals surface area contributed by atoms with Gasteiger partial charge in [0.2, 0.25) is 5.95 Å². The Hall–Kier alpha value is -4.28. The van der Waals surface area contributed by atoms with Gasteiger partial charge in [0.15, 0.2) is 17.5 Å². The summed E-state index contributed by atoms with van der Waals surface area (Å²) >= 11 is 0. The predicted octanol–water partition coefficient (Wildman–Crippen LogP) is 2.97. The molecule has 1 unspecified atom stereocenters. The van der Waals surface area contributed by atoms with Crippen LogP contribution in [0.1, 0.15) is 28.7 Å². The topological polar surface area (TPSA) is 157 Å². The first kappa shape index (κ1) is 30.7. The lowest BCUT2D eigenvalue weighted by Crippen LogP contribution is -2.49. The number of aromatic nitrogens is 6. The molecule has 42 heavy (non-hydrogen) atoms. The van der Waals surface area contributed by atoms with Gasteiger partial charge in [-0.1, -0.05) is 6.07 Å². The quantitative estimate of drug-likeness (QED) is 0.287. The molecule has 4 heterocycles. The Labute approximate surface area is 240 Å². The van der Waals surface area contributed by atoms with Gasteiger partial charge in [-0.25, -0.2) is 23.7 Å². The lowest BCUT2D eigenvalue weighted by atomic mass is 10.1. The van der Waals surface area contributed by atoms with Crippen LogP contribution in [0, 0.1) is 18.6 Å². The number of rotatable bonds is 8. The molecule has 0 aliphatic carbocycles. The fraction of sp³-hybridized carbons (Fsp3) is 0.346. The van der Waals surface area contributed by atoms with Crippen LogP contribution in [-0.4, -0.2) is 78.6 Å². The highest BCUT2D eigenvalue weighted by Gasteiger charge is 2.35. The second-order valence-electron chi connectivity index (χ2n) is 9.45. The largest absolute Gasteiger partial charge is 0.382 e. The van der Waals surface area contributed by atoms with E-state index in [2.05, 4.69) is 25.4 Å². The van der Waals surface area contributed by atoms with Gasteiger partial charge in [0.05, 0.1) is 30.3 Å². The summed E-state index contributed by atoms with van der Waals surface area (Å²) in [5, 5.41) is 7.24. The first-order valence-corrected chi connectivity index (χ1v) is 14.4. The number of nitrogens with one attached hydrogen (secondary N) is 1. The van der Waals surface area contributed by atoms with Crippen LogP contribution in [-0.2, 0) is 35.0 Å². The highest BCUT2D eigenvalue weighted by atomic mass is 32.2. The summed E-state index contributed by atoms with van der Waals surface area (Å²) in [7, 11) is -0.310. The van der Waals surface area contributed by atoms with Crippen molar-refractivity contribution in [2.24, 2.45) is 7.05 Å². The van der Waals surface area contributed by atoms with Gasteiger partial charge in [-0.3, -0.25) is 14.0 Å². The third kappa shape index (κ3) is 7.13. The molecule has 0 radical (unpaired) electrons. The maximum Gasteiger partial charge on any atom is 0.290 e. The zero-order chi connectivity index (χ0) is 30.6. The molecule has 224 valence electrons. The number of imidazole rings is 1. The SMILES string of the molecule is CCS(=O)(=O)O.COCC1Cn2cc(-c3nc(Nc4ccnn4C)ncc3C)nc2C(=O)N1Cc1ccc(F)c(F)c1. The zero-order valence-corrected chi connectivity index (χ0v) is 24.1. The van der Waals surface area contributed by atoms with Gasteiger partial charge in [-0.15, -0.1) is 0 Å². The van der Waals surface area contributed by atoms with Crippen LogP contribution >= 0.6 is 0 Å². The first-order chi connectivity index (χ1) is 19.9. The molecule has 0 fully saturated rings. The van der Waals surface area contributed by atoms with Crippen LogP contribution in [0.3, 0.4) is 0 Å². The Bertz CT molecular complexity index is 1690. The fourth-order valence-electron chi connectivity index (χ4n) is 4.20. The molecule has 13 nitrogen and oxygen atoms in total. The fourth-order valence-corrected chi connectivity index (χ4v) is 4.20. The van der Waals surface area contributed by atoms with Crippen molar-refractivity contribution in [1.29, 1.82) is 0 Å². The number of hydrogen-bond acceptors (Lipinski definition) is 9. The number of hydrogen-bond donors (Lipinski definition) is 2. The van der Waals surface area contributed by atoms with Gasteiger partial charge in [-0.05, 0) is 37.1 Å². The smallest absolute Gasteiger partial charge is 0.290 e. The van der Waals surface area contributed by atoms with Crippen molar-refractivity contribution < 1.29 is 31.3 Å². The monoisotopic (exact) mass is 604 g/mol. The van der Waals surface area contributed by atoms with E-state index < -0.39 is 21.8 Å². The van der Waals surface area contributed by atoms with Crippen LogP contribution in [0.15, 0.2) is 42.9 Å². The number of carbonyl (C=O) groups excluding carboxylic acids is 1. The average Bonchev–Trinajstić information content (AvgIpc) is 3.55. The van der Waals surface area contributed by atoms with E-state index in [0.717, 1.165) is 23.5 Å². The van der Waals surface area contributed by atoms with E-state index in [1.165, 1.54) is 13.0 Å². The number of anilines is 2. The van der Waals surface area contributed by atoms with Gasteiger partial charge in [-0.2, -0.15) is 13.5 Å². The third-order valence-electron chi connectivity index (χ3n) is 6.41. The highest BCUT2D eigenvalue weighted by molar-refractivity contribution is 7.85. The van der Waals surface area contributed by atoms with E-state index in [1.807, 2.05) is 6.92 Å². The third-order valence-corrected chi connectivity index (χ3v) is 7.14. The van der Waals surface area contributed by atoms with Crippen LogP contribution in [0.5, 0.6) is 0 Å². The van der Waals surface area contributed by atoms with E-state index in [4.69, 9.17) is 9.29 Å². The molecule has 0 bridgehead atoms. The van der Waals surface area contributed by atoms with Crippen molar-refractivity contribution in [3.05, 3.63) is 71.4 Å². The molecule has 1 amide bonds. The molecular weight excluding hydrogens is 574 g/mol. The molecule has 1 aliphatic rings. The van der Waals surface area contributed by atoms with Crippen LogP contribution < -0.4 is 5.32 Å². The van der Waals surface area contributed by atoms with Crippen molar-refractivity contribution >= 4 is 27.8 Å². The molecule has 4 aromatic rings. The Morgan fingerprint density at radius 3 is 2.55 bits per heavy atom. The maximum absolute atomic E-state index is 13.8. The summed E-state index contributed by atoms with van der Waals surface area (Å²) in [5.74, 6) is -1.10. The van der Waals surface area contributed by atoms with Crippen LogP contribution in [0.2, 0.25) is 0 Å². The molecule has 1 atom stereocenters. The molecule has 5 rings (SSSR count). The average molecular weight is 605 g/mol. The van der Waals surface area contributed by atoms with Gasteiger partial charge >= 0.3 is 0 Å². The number of ether oxygens (including phenoxy) is 1. The minimum atomic E-state index is -3.66. The predicted molar refractivity (Wildman–Crippen MR) is 148 cm³/mol. The summed E-state index contributed by atoms with van der Waals surface area (Å²) in [6.45, 7) is 4.03. The van der Waals surface area contributed by atoms with Crippen molar-refractivity contribution in [2.75, 3.05) is 24.8 Å². The van der Waals surface area contributed by atoms with Crippen LogP contribution in [0.25, 0.3) is 11.4 Å². The molecule has 3 aromatic heterocycles. The standard InChI is InChI=1S/C24H24F2N8O2.C2H6O3S/c1-14-9-27-24(30-20-6-7-28-32(20)2)31-21(14)19-12-33-11-16(13-36-3)34(23(35)22(33)29-19)10-15-4-5-17(25)18(26)8-15;1-2-6(3,4)5/h4-9,12,16H,10-11,13H2,1-3H3,(H,27,30,31);2H2,1H3,(H,3,4,5). The van der Waals surface area contributed by atoms with Gasteiger partial charge in [0.1, 0.15) is 11.5 Å². The van der Waals surface area contributed by atoms with Crippen molar-refractivity contribution in [3.8, 4) is 11.4 Å². The molecule has 0 saturated carbocycles. The normalized spacial score (nSPS) is 14.8. The molecule has 0 spiro atoms. The van der Waals surface area contributed by atoms with E-state index in [-0.39, 0.29) is 36.7 Å². The Morgan fingerprint density at radius 1 is 1.19 bits per heavy atom. The lowest BCUT2D eigenvalue weighted by molar-refractivity contribution is 0.0379. The first-order valence-electron chi connectivity index (χ1n) is 12.7. The number of amides is 1. The summed E-state index contributed by atoms with van der Waals surface area (Å²) in [6, 6.07) is 5.09. The second kappa shape index (κ2) is 12.7. The van der Waals surface area contributed by atoms with Crippen LogP contribution in [0.4, 0.5) is 20.5 Å². The maximum atomic E-state index is 13.8. The van der Waals surface area contributed by atoms with Gasteiger partial charge in [0.25, 0.3) is 16.0 Å². The Morgan fingerprint density at radius 2 is 1.93 bits per heavy atom. The van der Waals surface area contributed by atoms with E-state index in [0.29, 0.717) is 29.4 Å². The Balaban J connectivity index is 0.000000612. The van der Waals surface area contributed by atoms with E-state index >= 15 is 0 Å². The van der Waals surface area contributed by atoms with E-state index in [9.17, 15) is 22.0 Å². The molecule has 16 heteroatoms. The number of benzene rings is 1. The van der Waals surface area contributed by atoms with Gasteiger partial charge < -0.3 is 19.5 Å². The molecule has 2 N–H and O–H groups in total. The molecular formula is C26H30F2N8O5S. The van der Waals surface area contributed by atoms with E-state index in [1.54, 1.807) is 53.0 Å². The number of halogens is 2.